The highest BCUT2D eigenvalue weighted by atomic mass is 35.5. The van der Waals surface area contributed by atoms with Gasteiger partial charge < -0.3 is 20.5 Å². The lowest BCUT2D eigenvalue weighted by Crippen LogP contribution is -2.49. The quantitative estimate of drug-likeness (QED) is 0.713. The molecule has 0 aliphatic heterocycles. The first-order valence-corrected chi connectivity index (χ1v) is 8.95. The summed E-state index contributed by atoms with van der Waals surface area (Å²) >= 11 is 0. The van der Waals surface area contributed by atoms with E-state index in [2.05, 4.69) is 5.32 Å². The highest BCUT2D eigenvalue weighted by Crippen LogP contribution is 2.31. The number of carbonyl (C=O) groups excluding carboxylic acids is 1. The van der Waals surface area contributed by atoms with Gasteiger partial charge in [-0.3, -0.25) is 4.79 Å². The molecule has 6 heteroatoms. The van der Waals surface area contributed by atoms with Crippen LogP contribution in [0.25, 0.3) is 0 Å². The van der Waals surface area contributed by atoms with Crippen molar-refractivity contribution in [1.82, 2.24) is 5.32 Å². The Morgan fingerprint density at radius 2 is 1.67 bits per heavy atom. The van der Waals surface area contributed by atoms with Crippen LogP contribution in [0.2, 0.25) is 0 Å². The Kier molecular flexibility index (Phi) is 8.60. The maximum absolute atomic E-state index is 12.7. The largest absolute Gasteiger partial charge is 0.490 e. The van der Waals surface area contributed by atoms with Crippen molar-refractivity contribution in [2.45, 2.75) is 39.3 Å². The molecule has 148 valence electrons. The van der Waals surface area contributed by atoms with Crippen LogP contribution in [0, 0.1) is 0 Å². The first-order chi connectivity index (χ1) is 12.4. The van der Waals surface area contributed by atoms with Crippen LogP contribution in [-0.2, 0) is 10.3 Å². The maximum Gasteiger partial charge on any atom is 0.244 e. The fourth-order valence-electron chi connectivity index (χ4n) is 2.68. The monoisotopic (exact) mass is 392 g/mol. The Morgan fingerprint density at radius 3 is 2.26 bits per heavy atom. The Bertz CT molecular complexity index is 735. The van der Waals surface area contributed by atoms with Gasteiger partial charge in [0.2, 0.25) is 5.91 Å². The van der Waals surface area contributed by atoms with Gasteiger partial charge in [0.25, 0.3) is 0 Å². The van der Waals surface area contributed by atoms with E-state index >= 15 is 0 Å². The highest BCUT2D eigenvalue weighted by Gasteiger charge is 2.31. The molecule has 0 aromatic heterocycles. The molecular weight excluding hydrogens is 364 g/mol. The number of amides is 1. The van der Waals surface area contributed by atoms with Gasteiger partial charge in [0.15, 0.2) is 11.5 Å². The third-order valence-corrected chi connectivity index (χ3v) is 4.26. The zero-order valence-electron chi connectivity index (χ0n) is 16.3. The molecule has 2 unspecified atom stereocenters. The zero-order chi connectivity index (χ0) is 19.2. The number of carbonyl (C=O) groups is 1. The molecule has 2 atom stereocenters. The number of halogens is 1. The maximum atomic E-state index is 12.7. The van der Waals surface area contributed by atoms with Gasteiger partial charge >= 0.3 is 0 Å². The van der Waals surface area contributed by atoms with Gasteiger partial charge in [0.05, 0.1) is 19.3 Å². The third kappa shape index (κ3) is 5.62. The van der Waals surface area contributed by atoms with E-state index in [-0.39, 0.29) is 24.4 Å². The fraction of sp³-hybridized carbons (Fsp3) is 0.381. The fourth-order valence-corrected chi connectivity index (χ4v) is 2.68. The summed E-state index contributed by atoms with van der Waals surface area (Å²) in [6.07, 6.45) is 0. The zero-order valence-corrected chi connectivity index (χ0v) is 17.1. The summed E-state index contributed by atoms with van der Waals surface area (Å²) in [7, 11) is 0. The number of ether oxygens (including phenoxy) is 2. The van der Waals surface area contributed by atoms with Crippen LogP contribution < -0.4 is 20.5 Å². The SMILES string of the molecule is CCOc1ccc(C(C)NC(=O)C(C)(N)c2ccccc2)cc1OCC.Cl. The summed E-state index contributed by atoms with van der Waals surface area (Å²) in [5.74, 6) is 1.14. The van der Waals surface area contributed by atoms with Crippen LogP contribution in [0.3, 0.4) is 0 Å². The second kappa shape index (κ2) is 10.2. The van der Waals surface area contributed by atoms with E-state index in [1.807, 2.05) is 69.3 Å². The minimum absolute atomic E-state index is 0. The Labute approximate surface area is 167 Å². The molecule has 0 saturated heterocycles. The van der Waals surface area contributed by atoms with Crippen LogP contribution >= 0.6 is 12.4 Å². The van der Waals surface area contributed by atoms with Crippen molar-refractivity contribution >= 4 is 18.3 Å². The second-order valence-electron chi connectivity index (χ2n) is 6.34. The third-order valence-electron chi connectivity index (χ3n) is 4.26. The van der Waals surface area contributed by atoms with E-state index in [4.69, 9.17) is 15.2 Å². The molecule has 0 bridgehead atoms. The summed E-state index contributed by atoms with van der Waals surface area (Å²) in [5, 5.41) is 3.00. The van der Waals surface area contributed by atoms with Crippen molar-refractivity contribution < 1.29 is 14.3 Å². The Hall–Kier alpha value is -2.24. The molecule has 0 aliphatic carbocycles. The van der Waals surface area contributed by atoms with E-state index < -0.39 is 5.54 Å². The van der Waals surface area contributed by atoms with Gasteiger partial charge in [-0.2, -0.15) is 0 Å². The molecule has 2 aromatic carbocycles. The number of benzene rings is 2. The van der Waals surface area contributed by atoms with E-state index in [1.165, 1.54) is 0 Å². The van der Waals surface area contributed by atoms with Crippen LogP contribution in [0.5, 0.6) is 11.5 Å². The average molecular weight is 393 g/mol. The van der Waals surface area contributed by atoms with Gasteiger partial charge in [-0.05, 0) is 51.0 Å². The van der Waals surface area contributed by atoms with Crippen molar-refractivity contribution in [3.8, 4) is 11.5 Å². The standard InChI is InChI=1S/C21H28N2O3.ClH/c1-5-25-18-13-12-16(14-19(18)26-6-2)15(3)23-20(24)21(4,22)17-10-8-7-9-11-17;/h7-15H,5-6,22H2,1-4H3,(H,23,24);1H. The summed E-state index contributed by atoms with van der Waals surface area (Å²) in [6, 6.07) is 14.8. The topological polar surface area (TPSA) is 73.6 Å². The second-order valence-corrected chi connectivity index (χ2v) is 6.34. The van der Waals surface area contributed by atoms with Gasteiger partial charge in [0.1, 0.15) is 5.54 Å². The molecule has 3 N–H and O–H groups in total. The number of hydrogen-bond acceptors (Lipinski definition) is 4. The molecule has 0 fully saturated rings. The smallest absolute Gasteiger partial charge is 0.244 e. The molecule has 0 heterocycles. The van der Waals surface area contributed by atoms with Crippen molar-refractivity contribution in [2.75, 3.05) is 13.2 Å². The number of hydrogen-bond donors (Lipinski definition) is 2. The predicted molar refractivity (Wildman–Crippen MR) is 111 cm³/mol. The van der Waals surface area contributed by atoms with E-state index in [1.54, 1.807) is 6.92 Å². The lowest BCUT2D eigenvalue weighted by molar-refractivity contribution is -0.126. The van der Waals surface area contributed by atoms with Crippen LogP contribution in [0.1, 0.15) is 44.9 Å². The first kappa shape index (κ1) is 22.8. The molecule has 2 rings (SSSR count). The van der Waals surface area contributed by atoms with Crippen molar-refractivity contribution in [3.63, 3.8) is 0 Å². The summed E-state index contributed by atoms with van der Waals surface area (Å²) in [5.41, 5.74) is 6.88. The van der Waals surface area contributed by atoms with E-state index in [0.29, 0.717) is 24.7 Å². The molecule has 5 nitrogen and oxygen atoms in total. The van der Waals surface area contributed by atoms with Crippen LogP contribution in [0.4, 0.5) is 0 Å². The molecular formula is C21H29ClN2O3. The molecule has 0 spiro atoms. The minimum Gasteiger partial charge on any atom is -0.490 e. The first-order valence-electron chi connectivity index (χ1n) is 8.95. The molecule has 0 saturated carbocycles. The van der Waals surface area contributed by atoms with Gasteiger partial charge in [-0.15, -0.1) is 12.4 Å². The lowest BCUT2D eigenvalue weighted by atomic mass is 9.91. The number of rotatable bonds is 8. The summed E-state index contributed by atoms with van der Waals surface area (Å²) < 4.78 is 11.2. The van der Waals surface area contributed by atoms with Gasteiger partial charge in [0, 0.05) is 0 Å². The Balaban J connectivity index is 0.00000364. The molecule has 0 aliphatic rings. The van der Waals surface area contributed by atoms with Gasteiger partial charge in [-0.25, -0.2) is 0 Å². The Morgan fingerprint density at radius 1 is 1.07 bits per heavy atom. The number of nitrogens with two attached hydrogens (primary N) is 1. The normalized spacial score (nSPS) is 13.7. The van der Waals surface area contributed by atoms with Crippen molar-refractivity contribution in [3.05, 3.63) is 59.7 Å². The summed E-state index contributed by atoms with van der Waals surface area (Å²) in [6.45, 7) is 8.59. The summed E-state index contributed by atoms with van der Waals surface area (Å²) in [4.78, 5) is 12.7. The van der Waals surface area contributed by atoms with Crippen LogP contribution in [-0.4, -0.2) is 19.1 Å². The predicted octanol–water partition coefficient (Wildman–Crippen LogP) is 3.96. The molecule has 1 amide bonds. The van der Waals surface area contributed by atoms with Crippen molar-refractivity contribution in [2.24, 2.45) is 5.73 Å². The number of nitrogens with one attached hydrogen (secondary N) is 1. The average Bonchev–Trinajstić information content (AvgIpc) is 2.64. The van der Waals surface area contributed by atoms with Gasteiger partial charge in [-0.1, -0.05) is 36.4 Å². The van der Waals surface area contributed by atoms with Crippen LogP contribution in [0.15, 0.2) is 48.5 Å². The molecule has 2 aromatic rings. The van der Waals surface area contributed by atoms with E-state index in [0.717, 1.165) is 11.1 Å². The molecule has 27 heavy (non-hydrogen) atoms. The van der Waals surface area contributed by atoms with Crippen molar-refractivity contribution in [1.29, 1.82) is 0 Å². The lowest BCUT2D eigenvalue weighted by Gasteiger charge is -2.27. The minimum atomic E-state index is -1.11. The molecule has 0 radical (unpaired) electrons. The van der Waals surface area contributed by atoms with E-state index in [9.17, 15) is 4.79 Å². The highest BCUT2D eigenvalue weighted by molar-refractivity contribution is 5.87.